The smallest absolute Gasteiger partial charge is 0.00258 e. The first-order valence-electron chi connectivity index (χ1n) is 6.23. The third kappa shape index (κ3) is 10.0. The first kappa shape index (κ1) is 14.0. The van der Waals surface area contributed by atoms with Crippen LogP contribution in [0.5, 0.6) is 0 Å². The highest BCUT2D eigenvalue weighted by Gasteiger charge is 2.03. The van der Waals surface area contributed by atoms with E-state index in [1.165, 1.54) is 25.8 Å². The van der Waals surface area contributed by atoms with Crippen LogP contribution in [0, 0.1) is 17.8 Å². The van der Waals surface area contributed by atoms with Crippen molar-refractivity contribution in [2.75, 3.05) is 13.1 Å². The third-order valence-corrected chi connectivity index (χ3v) is 2.60. The molecule has 14 heavy (non-hydrogen) atoms. The molecule has 0 fully saturated rings. The van der Waals surface area contributed by atoms with Gasteiger partial charge < -0.3 is 5.32 Å². The lowest BCUT2D eigenvalue weighted by Crippen LogP contribution is -2.22. The topological polar surface area (TPSA) is 12.0 Å². The summed E-state index contributed by atoms with van der Waals surface area (Å²) in [6.07, 6.45) is 4.10. The second-order valence-corrected chi connectivity index (χ2v) is 5.46. The Labute approximate surface area is 90.7 Å². The van der Waals surface area contributed by atoms with Gasteiger partial charge in [0.15, 0.2) is 0 Å². The summed E-state index contributed by atoms with van der Waals surface area (Å²) in [5.41, 5.74) is 0. The summed E-state index contributed by atoms with van der Waals surface area (Å²) in [5.74, 6) is 2.53. The van der Waals surface area contributed by atoms with Gasteiger partial charge in [-0.2, -0.15) is 0 Å². The number of rotatable bonds is 8. The fourth-order valence-corrected chi connectivity index (χ4v) is 1.50. The van der Waals surface area contributed by atoms with E-state index < -0.39 is 0 Å². The molecule has 1 heteroatoms. The predicted octanol–water partition coefficient (Wildman–Crippen LogP) is 3.69. The second-order valence-electron chi connectivity index (χ2n) is 5.46. The summed E-state index contributed by atoms with van der Waals surface area (Å²) in [6, 6.07) is 0. The monoisotopic (exact) mass is 199 g/mol. The predicted molar refractivity (Wildman–Crippen MR) is 65.6 cm³/mol. The molecule has 0 amide bonds. The average molecular weight is 199 g/mol. The summed E-state index contributed by atoms with van der Waals surface area (Å²) in [7, 11) is 0. The molecular weight excluding hydrogens is 170 g/mol. The highest BCUT2D eigenvalue weighted by atomic mass is 14.8. The van der Waals surface area contributed by atoms with Crippen LogP contribution in [-0.4, -0.2) is 13.1 Å². The van der Waals surface area contributed by atoms with Gasteiger partial charge in [-0.05, 0) is 37.3 Å². The van der Waals surface area contributed by atoms with E-state index >= 15 is 0 Å². The van der Waals surface area contributed by atoms with E-state index in [0.29, 0.717) is 0 Å². The summed E-state index contributed by atoms with van der Waals surface area (Å²) >= 11 is 0. The fourth-order valence-electron chi connectivity index (χ4n) is 1.50. The van der Waals surface area contributed by atoms with Gasteiger partial charge in [0.05, 0.1) is 0 Å². The SMILES string of the molecule is CC(C)CCC(C)CCNCC(C)C. The molecule has 86 valence electrons. The zero-order valence-electron chi connectivity index (χ0n) is 10.8. The molecule has 0 aliphatic heterocycles. The van der Waals surface area contributed by atoms with Crippen molar-refractivity contribution in [2.45, 2.75) is 53.9 Å². The summed E-state index contributed by atoms with van der Waals surface area (Å²) < 4.78 is 0. The van der Waals surface area contributed by atoms with Crippen molar-refractivity contribution in [1.82, 2.24) is 5.32 Å². The Bertz CT molecular complexity index is 118. The van der Waals surface area contributed by atoms with Crippen molar-refractivity contribution in [3.63, 3.8) is 0 Å². The Kier molecular flexibility index (Phi) is 8.26. The molecule has 0 aromatic carbocycles. The molecule has 1 nitrogen and oxygen atoms in total. The second kappa shape index (κ2) is 8.28. The van der Waals surface area contributed by atoms with Crippen LogP contribution in [0.3, 0.4) is 0 Å². The molecule has 1 N–H and O–H groups in total. The molecule has 0 bridgehead atoms. The first-order chi connectivity index (χ1) is 6.52. The standard InChI is InChI=1S/C13H29N/c1-11(2)6-7-13(5)8-9-14-10-12(3)4/h11-14H,6-10H2,1-5H3. The van der Waals surface area contributed by atoms with Crippen LogP contribution >= 0.6 is 0 Å². The molecule has 0 spiro atoms. The van der Waals surface area contributed by atoms with E-state index in [1.807, 2.05) is 0 Å². The lowest BCUT2D eigenvalue weighted by atomic mass is 9.97. The van der Waals surface area contributed by atoms with Gasteiger partial charge in [0, 0.05) is 0 Å². The van der Waals surface area contributed by atoms with Gasteiger partial charge >= 0.3 is 0 Å². The zero-order valence-corrected chi connectivity index (χ0v) is 10.8. The molecule has 0 aromatic rings. The molecule has 1 unspecified atom stereocenters. The molecule has 0 saturated carbocycles. The van der Waals surface area contributed by atoms with E-state index in [9.17, 15) is 0 Å². The van der Waals surface area contributed by atoms with Crippen LogP contribution in [0.15, 0.2) is 0 Å². The molecule has 0 aliphatic rings. The molecule has 0 aliphatic carbocycles. The maximum atomic E-state index is 3.50. The van der Waals surface area contributed by atoms with Gasteiger partial charge in [-0.3, -0.25) is 0 Å². The van der Waals surface area contributed by atoms with Crippen molar-refractivity contribution >= 4 is 0 Å². The van der Waals surface area contributed by atoms with E-state index in [0.717, 1.165) is 24.3 Å². The number of hydrogen-bond donors (Lipinski definition) is 1. The molecule has 0 aromatic heterocycles. The summed E-state index contributed by atoms with van der Waals surface area (Å²) in [6.45, 7) is 13.9. The molecule has 1 atom stereocenters. The fraction of sp³-hybridized carbons (Fsp3) is 1.00. The van der Waals surface area contributed by atoms with Gasteiger partial charge in [-0.15, -0.1) is 0 Å². The van der Waals surface area contributed by atoms with Crippen LogP contribution in [0.25, 0.3) is 0 Å². The van der Waals surface area contributed by atoms with Crippen molar-refractivity contribution in [3.8, 4) is 0 Å². The largest absolute Gasteiger partial charge is 0.316 e. The van der Waals surface area contributed by atoms with E-state index in [2.05, 4.69) is 39.9 Å². The van der Waals surface area contributed by atoms with Crippen molar-refractivity contribution in [2.24, 2.45) is 17.8 Å². The van der Waals surface area contributed by atoms with E-state index in [4.69, 9.17) is 0 Å². The van der Waals surface area contributed by atoms with Gasteiger partial charge in [-0.1, -0.05) is 47.5 Å². The minimum absolute atomic E-state index is 0.779. The maximum Gasteiger partial charge on any atom is -0.00258 e. The highest BCUT2D eigenvalue weighted by Crippen LogP contribution is 2.14. The molecule has 0 saturated heterocycles. The lowest BCUT2D eigenvalue weighted by Gasteiger charge is -2.14. The van der Waals surface area contributed by atoms with Gasteiger partial charge in [0.25, 0.3) is 0 Å². The molecule has 0 rings (SSSR count). The van der Waals surface area contributed by atoms with Crippen LogP contribution in [-0.2, 0) is 0 Å². The summed E-state index contributed by atoms with van der Waals surface area (Å²) in [5, 5.41) is 3.50. The quantitative estimate of drug-likeness (QED) is 0.588. The Morgan fingerprint density at radius 1 is 0.786 bits per heavy atom. The van der Waals surface area contributed by atoms with Crippen molar-refractivity contribution < 1.29 is 0 Å². The zero-order chi connectivity index (χ0) is 11.0. The molecule has 0 radical (unpaired) electrons. The van der Waals surface area contributed by atoms with Crippen LogP contribution < -0.4 is 5.32 Å². The van der Waals surface area contributed by atoms with Crippen molar-refractivity contribution in [1.29, 1.82) is 0 Å². The Morgan fingerprint density at radius 3 is 1.93 bits per heavy atom. The number of hydrogen-bond acceptors (Lipinski definition) is 1. The Morgan fingerprint density at radius 2 is 1.43 bits per heavy atom. The Balaban J connectivity index is 3.22. The Hall–Kier alpha value is -0.0400. The normalized spacial score (nSPS) is 13.9. The molecular formula is C13H29N. The number of nitrogens with one attached hydrogen (secondary N) is 1. The maximum absolute atomic E-state index is 3.50. The average Bonchev–Trinajstić information content (AvgIpc) is 2.08. The van der Waals surface area contributed by atoms with Gasteiger partial charge in [0.1, 0.15) is 0 Å². The van der Waals surface area contributed by atoms with Gasteiger partial charge in [0.2, 0.25) is 0 Å². The first-order valence-corrected chi connectivity index (χ1v) is 6.23. The summed E-state index contributed by atoms with van der Waals surface area (Å²) in [4.78, 5) is 0. The van der Waals surface area contributed by atoms with Crippen LogP contribution in [0.2, 0.25) is 0 Å². The van der Waals surface area contributed by atoms with Gasteiger partial charge in [-0.25, -0.2) is 0 Å². The van der Waals surface area contributed by atoms with Crippen LogP contribution in [0.1, 0.15) is 53.9 Å². The van der Waals surface area contributed by atoms with Crippen molar-refractivity contribution in [3.05, 3.63) is 0 Å². The third-order valence-electron chi connectivity index (χ3n) is 2.60. The van der Waals surface area contributed by atoms with E-state index in [1.54, 1.807) is 0 Å². The highest BCUT2D eigenvalue weighted by molar-refractivity contribution is 4.58. The minimum Gasteiger partial charge on any atom is -0.316 e. The minimum atomic E-state index is 0.779. The van der Waals surface area contributed by atoms with E-state index in [-0.39, 0.29) is 0 Å². The lowest BCUT2D eigenvalue weighted by molar-refractivity contribution is 0.412. The molecule has 0 heterocycles. The van der Waals surface area contributed by atoms with Crippen LogP contribution in [0.4, 0.5) is 0 Å².